The van der Waals surface area contributed by atoms with E-state index in [2.05, 4.69) is 10.1 Å². The van der Waals surface area contributed by atoms with Gasteiger partial charge in [-0.05, 0) is 19.8 Å². The third kappa shape index (κ3) is 4.44. The average molecular weight is 242 g/mol. The predicted octanol–water partition coefficient (Wildman–Crippen LogP) is 2.26. The second kappa shape index (κ2) is 7.40. The van der Waals surface area contributed by atoms with Crippen molar-refractivity contribution in [2.24, 2.45) is 0 Å². The van der Waals surface area contributed by atoms with Gasteiger partial charge in [0.1, 0.15) is 6.10 Å². The molecule has 2 atom stereocenters. The Balaban J connectivity index is 2.57. The quantitative estimate of drug-likeness (QED) is 0.757. The average Bonchev–Trinajstić information content (AvgIpc) is 2.74. The van der Waals surface area contributed by atoms with Gasteiger partial charge in [-0.2, -0.15) is 4.98 Å². The molecule has 2 unspecified atom stereocenters. The Bertz CT molecular complexity index is 314. The van der Waals surface area contributed by atoms with Gasteiger partial charge in [0, 0.05) is 6.61 Å². The minimum Gasteiger partial charge on any atom is -0.393 e. The summed E-state index contributed by atoms with van der Waals surface area (Å²) in [5.41, 5.74) is 0. The van der Waals surface area contributed by atoms with Gasteiger partial charge in [-0.1, -0.05) is 25.4 Å². The molecule has 0 radical (unpaired) electrons. The number of aliphatic hydroxyl groups is 1. The van der Waals surface area contributed by atoms with Crippen LogP contribution in [0, 0.1) is 0 Å². The molecule has 98 valence electrons. The molecular formula is C12H22N2O3. The maximum atomic E-state index is 9.65. The third-order valence-corrected chi connectivity index (χ3v) is 2.54. The molecule has 0 aromatic carbocycles. The summed E-state index contributed by atoms with van der Waals surface area (Å²) in [6.45, 7) is 6.61. The topological polar surface area (TPSA) is 68.4 Å². The van der Waals surface area contributed by atoms with Gasteiger partial charge in [0.25, 0.3) is 0 Å². The Kier molecular flexibility index (Phi) is 6.15. The fourth-order valence-corrected chi connectivity index (χ4v) is 1.69. The van der Waals surface area contributed by atoms with E-state index < -0.39 is 6.10 Å². The first-order valence-corrected chi connectivity index (χ1v) is 6.33. The van der Waals surface area contributed by atoms with Gasteiger partial charge < -0.3 is 14.4 Å². The first kappa shape index (κ1) is 14.1. The summed E-state index contributed by atoms with van der Waals surface area (Å²) in [4.78, 5) is 4.26. The highest BCUT2D eigenvalue weighted by atomic mass is 16.5. The molecule has 1 rings (SSSR count). The molecule has 5 heteroatoms. The van der Waals surface area contributed by atoms with Gasteiger partial charge in [0.05, 0.1) is 12.5 Å². The lowest BCUT2D eigenvalue weighted by Gasteiger charge is -2.09. The largest absolute Gasteiger partial charge is 0.393 e. The molecule has 0 saturated heterocycles. The van der Waals surface area contributed by atoms with Crippen LogP contribution in [0.1, 0.15) is 57.9 Å². The lowest BCUT2D eigenvalue weighted by Crippen LogP contribution is -2.10. The molecule has 1 aromatic rings. The Morgan fingerprint density at radius 2 is 2.12 bits per heavy atom. The molecule has 0 fully saturated rings. The van der Waals surface area contributed by atoms with Crippen molar-refractivity contribution in [3.05, 3.63) is 11.7 Å². The van der Waals surface area contributed by atoms with Crippen LogP contribution in [-0.4, -0.2) is 28.0 Å². The second-order valence-electron chi connectivity index (χ2n) is 4.05. The van der Waals surface area contributed by atoms with Gasteiger partial charge >= 0.3 is 0 Å². The highest BCUT2D eigenvalue weighted by Gasteiger charge is 2.18. The molecule has 1 N–H and O–H groups in total. The van der Waals surface area contributed by atoms with Gasteiger partial charge in [-0.25, -0.2) is 0 Å². The fourth-order valence-electron chi connectivity index (χ4n) is 1.69. The van der Waals surface area contributed by atoms with Gasteiger partial charge in [-0.3, -0.25) is 0 Å². The van der Waals surface area contributed by atoms with Crippen molar-refractivity contribution in [3.8, 4) is 0 Å². The van der Waals surface area contributed by atoms with E-state index in [4.69, 9.17) is 9.26 Å². The van der Waals surface area contributed by atoms with Gasteiger partial charge in [0.2, 0.25) is 11.7 Å². The van der Waals surface area contributed by atoms with Gasteiger partial charge in [0.15, 0.2) is 0 Å². The minimum absolute atomic E-state index is 0.110. The number of hydrogen-bond donors (Lipinski definition) is 1. The highest BCUT2D eigenvalue weighted by molar-refractivity contribution is 4.92. The summed E-state index contributed by atoms with van der Waals surface area (Å²) < 4.78 is 10.6. The first-order valence-electron chi connectivity index (χ1n) is 6.33. The summed E-state index contributed by atoms with van der Waals surface area (Å²) in [6.07, 6.45) is 2.41. The second-order valence-corrected chi connectivity index (χ2v) is 4.05. The van der Waals surface area contributed by atoms with E-state index >= 15 is 0 Å². The first-order chi connectivity index (χ1) is 8.21. The van der Waals surface area contributed by atoms with Crippen LogP contribution in [0.3, 0.4) is 0 Å². The van der Waals surface area contributed by atoms with E-state index in [0.717, 1.165) is 19.3 Å². The van der Waals surface area contributed by atoms with Crippen LogP contribution in [0.5, 0.6) is 0 Å². The molecule has 1 heterocycles. The molecule has 0 aliphatic carbocycles. The molecule has 1 aromatic heterocycles. The van der Waals surface area contributed by atoms with Crippen molar-refractivity contribution in [2.45, 2.75) is 58.7 Å². The van der Waals surface area contributed by atoms with Crippen molar-refractivity contribution in [1.29, 1.82) is 0 Å². The Labute approximate surface area is 102 Å². The van der Waals surface area contributed by atoms with Crippen molar-refractivity contribution in [1.82, 2.24) is 10.1 Å². The lowest BCUT2D eigenvalue weighted by molar-refractivity contribution is 0.0518. The summed E-state index contributed by atoms with van der Waals surface area (Å²) in [5, 5.41) is 13.5. The normalized spacial score (nSPS) is 14.8. The Morgan fingerprint density at radius 1 is 1.35 bits per heavy atom. The fraction of sp³-hybridized carbons (Fsp3) is 0.833. The molecule has 0 aliphatic rings. The molecule has 0 spiro atoms. The molecular weight excluding hydrogens is 220 g/mol. The predicted molar refractivity (Wildman–Crippen MR) is 63.6 cm³/mol. The zero-order valence-electron chi connectivity index (χ0n) is 10.8. The lowest BCUT2D eigenvalue weighted by atomic mass is 10.1. The van der Waals surface area contributed by atoms with Crippen molar-refractivity contribution in [3.63, 3.8) is 0 Å². The summed E-state index contributed by atoms with van der Waals surface area (Å²) in [5.74, 6) is 1.06. The standard InChI is InChI=1S/C12H22N2O3/c1-4-7-9(15)8-11-13-12(14-17-11)10(5-2)16-6-3/h9-10,15H,4-8H2,1-3H3. The molecule has 0 bridgehead atoms. The Morgan fingerprint density at radius 3 is 2.71 bits per heavy atom. The maximum Gasteiger partial charge on any atom is 0.229 e. The summed E-state index contributed by atoms with van der Waals surface area (Å²) in [6, 6.07) is 0. The summed E-state index contributed by atoms with van der Waals surface area (Å²) >= 11 is 0. The van der Waals surface area contributed by atoms with Crippen LogP contribution < -0.4 is 0 Å². The van der Waals surface area contributed by atoms with Crippen LogP contribution in [0.2, 0.25) is 0 Å². The van der Waals surface area contributed by atoms with E-state index in [1.54, 1.807) is 0 Å². The zero-order valence-corrected chi connectivity index (χ0v) is 10.8. The SMILES string of the molecule is CCCC(O)Cc1nc(C(CC)OCC)no1. The third-order valence-electron chi connectivity index (χ3n) is 2.54. The van der Waals surface area contributed by atoms with Crippen molar-refractivity contribution >= 4 is 0 Å². The number of aromatic nitrogens is 2. The minimum atomic E-state index is -0.402. The molecule has 0 aliphatic heterocycles. The molecule has 5 nitrogen and oxygen atoms in total. The zero-order chi connectivity index (χ0) is 12.7. The van der Waals surface area contributed by atoms with Crippen molar-refractivity contribution in [2.75, 3.05) is 6.61 Å². The summed E-state index contributed by atoms with van der Waals surface area (Å²) in [7, 11) is 0. The number of nitrogens with zero attached hydrogens (tertiary/aromatic N) is 2. The molecule has 17 heavy (non-hydrogen) atoms. The van der Waals surface area contributed by atoms with E-state index in [0.29, 0.717) is 24.7 Å². The van der Waals surface area contributed by atoms with Crippen LogP contribution in [0.25, 0.3) is 0 Å². The number of ether oxygens (including phenoxy) is 1. The van der Waals surface area contributed by atoms with E-state index in [1.165, 1.54) is 0 Å². The molecule has 0 amide bonds. The van der Waals surface area contributed by atoms with E-state index in [9.17, 15) is 5.11 Å². The van der Waals surface area contributed by atoms with Gasteiger partial charge in [-0.15, -0.1) is 0 Å². The van der Waals surface area contributed by atoms with E-state index in [1.807, 2.05) is 20.8 Å². The number of rotatable bonds is 8. The van der Waals surface area contributed by atoms with Crippen LogP contribution >= 0.6 is 0 Å². The Hall–Kier alpha value is -0.940. The highest BCUT2D eigenvalue weighted by Crippen LogP contribution is 2.18. The van der Waals surface area contributed by atoms with E-state index in [-0.39, 0.29) is 6.10 Å². The maximum absolute atomic E-state index is 9.65. The molecule has 0 saturated carbocycles. The van der Waals surface area contributed by atoms with Crippen LogP contribution in [-0.2, 0) is 11.2 Å². The smallest absolute Gasteiger partial charge is 0.229 e. The van der Waals surface area contributed by atoms with Crippen LogP contribution in [0.15, 0.2) is 4.52 Å². The number of aliphatic hydroxyl groups excluding tert-OH is 1. The van der Waals surface area contributed by atoms with Crippen molar-refractivity contribution < 1.29 is 14.4 Å². The monoisotopic (exact) mass is 242 g/mol. The van der Waals surface area contributed by atoms with Crippen LogP contribution in [0.4, 0.5) is 0 Å². The number of hydrogen-bond acceptors (Lipinski definition) is 5.